The number of piperidine rings is 1. The molecule has 4 heteroatoms. The van der Waals surface area contributed by atoms with Crippen molar-refractivity contribution in [3.05, 3.63) is 35.4 Å². The van der Waals surface area contributed by atoms with Crippen LogP contribution >= 0.6 is 0 Å². The number of hydrogen-bond donors (Lipinski definition) is 1. The summed E-state index contributed by atoms with van der Waals surface area (Å²) in [5.41, 5.74) is 7.96. The molecule has 0 spiro atoms. The number of amides is 1. The summed E-state index contributed by atoms with van der Waals surface area (Å²) in [4.78, 5) is 14.3. The highest BCUT2D eigenvalue weighted by molar-refractivity contribution is 5.69. The van der Waals surface area contributed by atoms with Gasteiger partial charge in [-0.3, -0.25) is 0 Å². The van der Waals surface area contributed by atoms with Crippen LogP contribution in [0.25, 0.3) is 0 Å². The van der Waals surface area contributed by atoms with E-state index in [4.69, 9.17) is 10.5 Å². The molecular weight excluding hydrogens is 264 g/mol. The van der Waals surface area contributed by atoms with Gasteiger partial charge < -0.3 is 15.4 Å². The largest absolute Gasteiger partial charge is 0.444 e. The van der Waals surface area contributed by atoms with Crippen LogP contribution in [0, 0.1) is 6.92 Å². The quantitative estimate of drug-likeness (QED) is 0.862. The van der Waals surface area contributed by atoms with Gasteiger partial charge in [0.25, 0.3) is 0 Å². The van der Waals surface area contributed by atoms with Gasteiger partial charge in [0.05, 0.1) is 6.04 Å². The van der Waals surface area contributed by atoms with Gasteiger partial charge in [0.2, 0.25) is 0 Å². The second kappa shape index (κ2) is 6.06. The third-order valence-corrected chi connectivity index (χ3v) is 3.73. The molecule has 2 N–H and O–H groups in total. The Hall–Kier alpha value is -1.55. The fourth-order valence-electron chi connectivity index (χ4n) is 2.64. The van der Waals surface area contributed by atoms with E-state index in [-0.39, 0.29) is 18.2 Å². The molecule has 0 radical (unpaired) electrons. The number of benzene rings is 1. The van der Waals surface area contributed by atoms with Crippen molar-refractivity contribution < 1.29 is 9.53 Å². The Morgan fingerprint density at radius 3 is 2.48 bits per heavy atom. The second-order valence-corrected chi connectivity index (χ2v) is 6.88. The molecule has 1 aromatic rings. The van der Waals surface area contributed by atoms with Crippen molar-refractivity contribution in [3.63, 3.8) is 0 Å². The zero-order valence-corrected chi connectivity index (χ0v) is 13.4. The first kappa shape index (κ1) is 15.8. The Morgan fingerprint density at radius 2 is 1.90 bits per heavy atom. The predicted molar refractivity (Wildman–Crippen MR) is 84.1 cm³/mol. The highest BCUT2D eigenvalue weighted by atomic mass is 16.6. The summed E-state index contributed by atoms with van der Waals surface area (Å²) in [6, 6.07) is 8.44. The SMILES string of the molecule is Cc1ccc(C2CC(N)CCN2C(=O)OC(C)(C)C)cc1. The molecule has 0 aromatic heterocycles. The van der Waals surface area contributed by atoms with Gasteiger partial charge in [-0.05, 0) is 46.1 Å². The van der Waals surface area contributed by atoms with E-state index in [1.54, 1.807) is 0 Å². The fourth-order valence-corrected chi connectivity index (χ4v) is 2.64. The summed E-state index contributed by atoms with van der Waals surface area (Å²) in [6.07, 6.45) is 1.35. The van der Waals surface area contributed by atoms with Gasteiger partial charge in [-0.25, -0.2) is 4.79 Å². The van der Waals surface area contributed by atoms with E-state index >= 15 is 0 Å². The Balaban J connectivity index is 2.21. The van der Waals surface area contributed by atoms with Crippen LogP contribution in [0.4, 0.5) is 4.79 Å². The Bertz CT molecular complexity index is 491. The van der Waals surface area contributed by atoms with Gasteiger partial charge in [0.15, 0.2) is 0 Å². The van der Waals surface area contributed by atoms with Crippen LogP contribution in [0.15, 0.2) is 24.3 Å². The van der Waals surface area contributed by atoms with Gasteiger partial charge >= 0.3 is 6.09 Å². The number of carbonyl (C=O) groups is 1. The highest BCUT2D eigenvalue weighted by Crippen LogP contribution is 2.31. The molecule has 1 amide bonds. The number of ether oxygens (including phenoxy) is 1. The molecular formula is C17H26N2O2. The van der Waals surface area contributed by atoms with Gasteiger partial charge in [0, 0.05) is 12.6 Å². The molecule has 1 aliphatic heterocycles. The highest BCUT2D eigenvalue weighted by Gasteiger charge is 2.33. The Morgan fingerprint density at radius 1 is 1.29 bits per heavy atom. The average molecular weight is 290 g/mol. The molecule has 2 unspecified atom stereocenters. The molecule has 0 saturated carbocycles. The molecule has 1 heterocycles. The van der Waals surface area contributed by atoms with Crippen molar-refractivity contribution in [1.29, 1.82) is 0 Å². The van der Waals surface area contributed by atoms with Crippen LogP contribution in [-0.4, -0.2) is 29.2 Å². The van der Waals surface area contributed by atoms with Crippen molar-refractivity contribution in [1.82, 2.24) is 4.90 Å². The number of likely N-dealkylation sites (tertiary alicyclic amines) is 1. The molecule has 1 saturated heterocycles. The lowest BCUT2D eigenvalue weighted by Gasteiger charge is -2.39. The molecule has 0 bridgehead atoms. The number of carbonyl (C=O) groups excluding carboxylic acids is 1. The lowest BCUT2D eigenvalue weighted by molar-refractivity contribution is 0.00797. The maximum Gasteiger partial charge on any atom is 0.410 e. The van der Waals surface area contributed by atoms with E-state index in [0.717, 1.165) is 18.4 Å². The summed E-state index contributed by atoms with van der Waals surface area (Å²) in [6.45, 7) is 8.38. The maximum absolute atomic E-state index is 12.4. The number of nitrogens with zero attached hydrogens (tertiary/aromatic N) is 1. The first-order valence-corrected chi connectivity index (χ1v) is 7.58. The number of rotatable bonds is 1. The van der Waals surface area contributed by atoms with Crippen LogP contribution in [0.5, 0.6) is 0 Å². The molecule has 0 aliphatic carbocycles. The average Bonchev–Trinajstić information content (AvgIpc) is 2.37. The van der Waals surface area contributed by atoms with Gasteiger partial charge in [0.1, 0.15) is 5.60 Å². The second-order valence-electron chi connectivity index (χ2n) is 6.88. The van der Waals surface area contributed by atoms with E-state index in [1.165, 1.54) is 5.56 Å². The summed E-state index contributed by atoms with van der Waals surface area (Å²) < 4.78 is 5.53. The monoisotopic (exact) mass is 290 g/mol. The van der Waals surface area contributed by atoms with Gasteiger partial charge in [-0.1, -0.05) is 29.8 Å². The third kappa shape index (κ3) is 4.21. The summed E-state index contributed by atoms with van der Waals surface area (Å²) in [7, 11) is 0. The molecule has 2 atom stereocenters. The van der Waals surface area contributed by atoms with Crippen molar-refractivity contribution in [2.45, 2.75) is 58.2 Å². The van der Waals surface area contributed by atoms with Crippen LogP contribution in [-0.2, 0) is 4.74 Å². The maximum atomic E-state index is 12.4. The zero-order chi connectivity index (χ0) is 15.6. The number of hydrogen-bond acceptors (Lipinski definition) is 3. The summed E-state index contributed by atoms with van der Waals surface area (Å²) in [5.74, 6) is 0. The van der Waals surface area contributed by atoms with Gasteiger partial charge in [-0.2, -0.15) is 0 Å². The first-order valence-electron chi connectivity index (χ1n) is 7.58. The van der Waals surface area contributed by atoms with Crippen LogP contribution in [0.2, 0.25) is 0 Å². The summed E-state index contributed by atoms with van der Waals surface area (Å²) >= 11 is 0. The normalized spacial score (nSPS) is 23.0. The van der Waals surface area contributed by atoms with Crippen LogP contribution in [0.3, 0.4) is 0 Å². The molecule has 1 aliphatic rings. The minimum Gasteiger partial charge on any atom is -0.444 e. The Kier molecular flexibility index (Phi) is 4.57. The molecule has 1 fully saturated rings. The van der Waals surface area contributed by atoms with Crippen molar-refractivity contribution in [2.75, 3.05) is 6.54 Å². The van der Waals surface area contributed by atoms with Crippen molar-refractivity contribution in [3.8, 4) is 0 Å². The molecule has 1 aromatic carbocycles. The van der Waals surface area contributed by atoms with E-state index in [2.05, 4.69) is 31.2 Å². The predicted octanol–water partition coefficient (Wildman–Crippen LogP) is 3.39. The lowest BCUT2D eigenvalue weighted by Crippen LogP contribution is -2.46. The lowest BCUT2D eigenvalue weighted by atomic mass is 9.92. The number of aryl methyl sites for hydroxylation is 1. The smallest absolute Gasteiger partial charge is 0.410 e. The molecule has 4 nitrogen and oxygen atoms in total. The molecule has 21 heavy (non-hydrogen) atoms. The molecule has 2 rings (SSSR count). The van der Waals surface area contributed by atoms with Gasteiger partial charge in [-0.15, -0.1) is 0 Å². The van der Waals surface area contributed by atoms with Crippen LogP contribution < -0.4 is 5.73 Å². The first-order chi connectivity index (χ1) is 9.76. The van der Waals surface area contributed by atoms with E-state index in [1.807, 2.05) is 25.7 Å². The number of nitrogens with two attached hydrogens (primary N) is 1. The Labute approximate surface area is 127 Å². The zero-order valence-electron chi connectivity index (χ0n) is 13.4. The van der Waals surface area contributed by atoms with Crippen molar-refractivity contribution in [2.24, 2.45) is 5.73 Å². The fraction of sp³-hybridized carbons (Fsp3) is 0.588. The van der Waals surface area contributed by atoms with E-state index < -0.39 is 5.60 Å². The molecule has 116 valence electrons. The third-order valence-electron chi connectivity index (χ3n) is 3.73. The van der Waals surface area contributed by atoms with E-state index in [9.17, 15) is 4.79 Å². The minimum absolute atomic E-state index is 0.00389. The van der Waals surface area contributed by atoms with Crippen molar-refractivity contribution >= 4 is 6.09 Å². The van der Waals surface area contributed by atoms with Crippen LogP contribution in [0.1, 0.15) is 50.8 Å². The van der Waals surface area contributed by atoms with E-state index in [0.29, 0.717) is 6.54 Å². The summed E-state index contributed by atoms with van der Waals surface area (Å²) in [5, 5.41) is 0. The minimum atomic E-state index is -0.478. The topological polar surface area (TPSA) is 55.6 Å². The standard InChI is InChI=1S/C17H26N2O2/c1-12-5-7-13(8-6-12)15-11-14(18)9-10-19(15)16(20)21-17(2,3)4/h5-8,14-15H,9-11,18H2,1-4H3.